The number of fused-ring (bicyclic) bond motifs is 1. The fourth-order valence-corrected chi connectivity index (χ4v) is 4.29. The summed E-state index contributed by atoms with van der Waals surface area (Å²) >= 11 is 9.29. The van der Waals surface area contributed by atoms with Crippen molar-refractivity contribution < 1.29 is 8.42 Å². The van der Waals surface area contributed by atoms with Gasteiger partial charge in [-0.1, -0.05) is 45.7 Å². The molecule has 0 aliphatic carbocycles. The van der Waals surface area contributed by atoms with Crippen LogP contribution in [0.2, 0.25) is 5.02 Å². The lowest BCUT2D eigenvalue weighted by Gasteiger charge is -2.10. The summed E-state index contributed by atoms with van der Waals surface area (Å²) in [6, 6.07) is 14.1. The summed E-state index contributed by atoms with van der Waals surface area (Å²) in [5.41, 5.74) is 1.68. The second-order valence-electron chi connectivity index (χ2n) is 4.89. The van der Waals surface area contributed by atoms with E-state index in [-0.39, 0.29) is 16.5 Å². The Hall–Kier alpha value is -1.47. The molecule has 0 spiro atoms. The van der Waals surface area contributed by atoms with Crippen LogP contribution in [0.1, 0.15) is 5.56 Å². The Labute approximate surface area is 147 Å². The van der Waals surface area contributed by atoms with E-state index in [1.54, 1.807) is 24.4 Å². The highest BCUT2D eigenvalue weighted by Gasteiger charge is 2.18. The quantitative estimate of drug-likeness (QED) is 0.702. The van der Waals surface area contributed by atoms with Gasteiger partial charge in [0.15, 0.2) is 0 Å². The fraction of sp³-hybridized carbons (Fsp3) is 0.0625. The van der Waals surface area contributed by atoms with E-state index in [1.807, 2.05) is 24.3 Å². The van der Waals surface area contributed by atoms with Gasteiger partial charge in [0.05, 0.1) is 10.5 Å². The van der Waals surface area contributed by atoms with Gasteiger partial charge < -0.3 is 0 Å². The average molecular weight is 412 g/mol. The summed E-state index contributed by atoms with van der Waals surface area (Å²) in [7, 11) is -3.70. The standard InChI is InChI=1S/C16H12BrClN2O2S/c17-12-5-6-16(14(18)9-12)23(21,22)20-10-11-7-8-19-15-4-2-1-3-13(11)15/h1-9,20H,10H2. The van der Waals surface area contributed by atoms with Crippen molar-refractivity contribution in [2.75, 3.05) is 0 Å². The number of nitrogens with one attached hydrogen (secondary N) is 1. The van der Waals surface area contributed by atoms with Gasteiger partial charge in [-0.2, -0.15) is 0 Å². The maximum absolute atomic E-state index is 12.4. The number of para-hydroxylation sites is 1. The van der Waals surface area contributed by atoms with Crippen molar-refractivity contribution in [2.24, 2.45) is 0 Å². The van der Waals surface area contributed by atoms with E-state index in [1.165, 1.54) is 6.07 Å². The summed E-state index contributed by atoms with van der Waals surface area (Å²) in [5.74, 6) is 0. The molecule has 7 heteroatoms. The molecule has 23 heavy (non-hydrogen) atoms. The molecular weight excluding hydrogens is 400 g/mol. The Morgan fingerprint density at radius 1 is 1.13 bits per heavy atom. The van der Waals surface area contributed by atoms with E-state index in [0.29, 0.717) is 0 Å². The summed E-state index contributed by atoms with van der Waals surface area (Å²) in [6.07, 6.45) is 1.67. The first-order valence-corrected chi connectivity index (χ1v) is 9.40. The van der Waals surface area contributed by atoms with Crippen LogP contribution in [0.5, 0.6) is 0 Å². The molecule has 0 unspecified atom stereocenters. The van der Waals surface area contributed by atoms with Gasteiger partial charge in [-0.15, -0.1) is 0 Å². The third-order valence-electron chi connectivity index (χ3n) is 3.38. The zero-order valence-electron chi connectivity index (χ0n) is 11.8. The minimum absolute atomic E-state index is 0.0562. The van der Waals surface area contributed by atoms with Gasteiger partial charge >= 0.3 is 0 Å². The highest BCUT2D eigenvalue weighted by atomic mass is 79.9. The third-order valence-corrected chi connectivity index (χ3v) is 5.75. The molecule has 0 aliphatic heterocycles. The van der Waals surface area contributed by atoms with Crippen molar-refractivity contribution in [3.05, 3.63) is 69.8 Å². The van der Waals surface area contributed by atoms with Crippen LogP contribution in [0.3, 0.4) is 0 Å². The van der Waals surface area contributed by atoms with E-state index in [0.717, 1.165) is 20.9 Å². The molecule has 3 rings (SSSR count). The Morgan fingerprint density at radius 3 is 2.70 bits per heavy atom. The van der Waals surface area contributed by atoms with Crippen LogP contribution in [0.15, 0.2) is 64.1 Å². The number of rotatable bonds is 4. The Kier molecular flexibility index (Phi) is 4.68. The second-order valence-corrected chi connectivity index (χ2v) is 7.94. The smallest absolute Gasteiger partial charge is 0.242 e. The predicted octanol–water partition coefficient (Wildman–Crippen LogP) is 4.13. The van der Waals surface area contributed by atoms with Crippen LogP contribution in [-0.4, -0.2) is 13.4 Å². The number of halogens is 2. The second kappa shape index (κ2) is 6.57. The number of hydrogen-bond donors (Lipinski definition) is 1. The minimum Gasteiger partial charge on any atom is -0.256 e. The minimum atomic E-state index is -3.70. The van der Waals surface area contributed by atoms with E-state index in [4.69, 9.17) is 11.6 Å². The lowest BCUT2D eigenvalue weighted by molar-refractivity contribution is 0.581. The first kappa shape index (κ1) is 16.4. The number of aromatic nitrogens is 1. The number of hydrogen-bond acceptors (Lipinski definition) is 3. The SMILES string of the molecule is O=S(=O)(NCc1ccnc2ccccc12)c1ccc(Br)cc1Cl. The van der Waals surface area contributed by atoms with Crippen LogP contribution in [0.25, 0.3) is 10.9 Å². The molecule has 0 fully saturated rings. The van der Waals surface area contributed by atoms with Gasteiger partial charge in [0.1, 0.15) is 4.90 Å². The Bertz CT molecular complexity index is 971. The molecule has 0 saturated carbocycles. The molecule has 1 aromatic heterocycles. The van der Waals surface area contributed by atoms with Gasteiger partial charge in [0.2, 0.25) is 10.0 Å². The molecule has 4 nitrogen and oxygen atoms in total. The summed E-state index contributed by atoms with van der Waals surface area (Å²) in [4.78, 5) is 4.32. The normalized spacial score (nSPS) is 11.7. The average Bonchev–Trinajstić information content (AvgIpc) is 2.52. The lowest BCUT2D eigenvalue weighted by atomic mass is 10.1. The van der Waals surface area contributed by atoms with Crippen LogP contribution < -0.4 is 4.72 Å². The van der Waals surface area contributed by atoms with E-state index in [9.17, 15) is 8.42 Å². The van der Waals surface area contributed by atoms with Gasteiger partial charge in [-0.25, -0.2) is 13.1 Å². The summed E-state index contributed by atoms with van der Waals surface area (Å²) in [6.45, 7) is 0.164. The molecule has 0 amide bonds. The van der Waals surface area contributed by atoms with Crippen molar-refractivity contribution >= 4 is 48.5 Å². The monoisotopic (exact) mass is 410 g/mol. The largest absolute Gasteiger partial charge is 0.256 e. The highest BCUT2D eigenvalue weighted by molar-refractivity contribution is 9.10. The topological polar surface area (TPSA) is 59.1 Å². The molecule has 0 radical (unpaired) electrons. The van der Waals surface area contributed by atoms with E-state index < -0.39 is 10.0 Å². The predicted molar refractivity (Wildman–Crippen MR) is 94.9 cm³/mol. The molecule has 0 atom stereocenters. The molecule has 0 bridgehead atoms. The molecule has 0 saturated heterocycles. The molecule has 1 heterocycles. The van der Waals surface area contributed by atoms with Gasteiger partial charge in [0, 0.05) is 22.6 Å². The molecule has 3 aromatic rings. The van der Waals surface area contributed by atoms with Crippen LogP contribution in [-0.2, 0) is 16.6 Å². The zero-order chi connectivity index (χ0) is 16.4. The van der Waals surface area contributed by atoms with E-state index >= 15 is 0 Å². The van der Waals surface area contributed by atoms with Gasteiger partial charge in [-0.3, -0.25) is 4.98 Å². The van der Waals surface area contributed by atoms with Crippen LogP contribution in [0, 0.1) is 0 Å². The lowest BCUT2D eigenvalue weighted by Crippen LogP contribution is -2.23. The Morgan fingerprint density at radius 2 is 1.91 bits per heavy atom. The maximum atomic E-state index is 12.4. The third kappa shape index (κ3) is 3.55. The highest BCUT2D eigenvalue weighted by Crippen LogP contribution is 2.25. The maximum Gasteiger partial charge on any atom is 0.242 e. The van der Waals surface area contributed by atoms with E-state index in [2.05, 4.69) is 25.6 Å². The van der Waals surface area contributed by atoms with Crippen LogP contribution in [0.4, 0.5) is 0 Å². The van der Waals surface area contributed by atoms with Crippen molar-refractivity contribution in [1.82, 2.24) is 9.71 Å². The Balaban J connectivity index is 1.89. The molecule has 0 aliphatic rings. The van der Waals surface area contributed by atoms with Crippen molar-refractivity contribution in [1.29, 1.82) is 0 Å². The van der Waals surface area contributed by atoms with Crippen molar-refractivity contribution in [2.45, 2.75) is 11.4 Å². The van der Waals surface area contributed by atoms with Crippen LogP contribution >= 0.6 is 27.5 Å². The zero-order valence-corrected chi connectivity index (χ0v) is 15.0. The molecule has 1 N–H and O–H groups in total. The fourth-order valence-electron chi connectivity index (χ4n) is 2.25. The number of sulfonamides is 1. The first-order chi connectivity index (χ1) is 11.0. The van der Waals surface area contributed by atoms with Gasteiger partial charge in [-0.05, 0) is 35.9 Å². The van der Waals surface area contributed by atoms with Gasteiger partial charge in [0.25, 0.3) is 0 Å². The number of pyridine rings is 1. The summed E-state index contributed by atoms with van der Waals surface area (Å²) < 4.78 is 28.2. The molecular formula is C16H12BrClN2O2S. The van der Waals surface area contributed by atoms with Crippen molar-refractivity contribution in [3.63, 3.8) is 0 Å². The first-order valence-electron chi connectivity index (χ1n) is 6.75. The molecule has 2 aromatic carbocycles. The van der Waals surface area contributed by atoms with Crippen molar-refractivity contribution in [3.8, 4) is 0 Å². The number of nitrogens with zero attached hydrogens (tertiary/aromatic N) is 1. The molecule has 118 valence electrons. The summed E-state index contributed by atoms with van der Waals surface area (Å²) in [5, 5.41) is 1.09. The number of benzene rings is 2.